The smallest absolute Gasteiger partial charge is 0.326 e. The van der Waals surface area contributed by atoms with Crippen molar-refractivity contribution in [1.29, 1.82) is 0 Å². The van der Waals surface area contributed by atoms with E-state index < -0.39 is 60.8 Å². The Kier molecular flexibility index (Phi) is 11.5. The number of nitrogens with two attached hydrogens (primary N) is 3. The number of hydrogen-bond acceptors (Lipinski definition) is 8. The van der Waals surface area contributed by atoms with Gasteiger partial charge in [0.1, 0.15) is 12.1 Å². The molecule has 3 unspecified atom stereocenters. The highest BCUT2D eigenvalue weighted by molar-refractivity contribution is 5.93. The number of carbonyl (C=O) groups is 5. The van der Waals surface area contributed by atoms with Gasteiger partial charge in [-0.05, 0) is 12.8 Å². The number of aliphatic carboxylic acids is 2. The van der Waals surface area contributed by atoms with Gasteiger partial charge in [-0.3, -0.25) is 24.2 Å². The molecule has 1 aromatic heterocycles. The molecule has 0 aliphatic carbocycles. The SMILES string of the molecule is NC(N)=NCCCC(N)C(=O)NCC(=O)NC(Cc1cnc[nH]1)C(=O)NC(CC(=O)O)C(=O)O. The molecule has 0 saturated carbocycles. The number of carbonyl (C=O) groups excluding carboxylic acids is 3. The molecule has 16 heteroatoms. The summed E-state index contributed by atoms with van der Waals surface area (Å²) >= 11 is 0. The molecule has 34 heavy (non-hydrogen) atoms. The van der Waals surface area contributed by atoms with Crippen LogP contribution in [0.15, 0.2) is 17.5 Å². The maximum atomic E-state index is 12.6. The van der Waals surface area contributed by atoms with Crippen LogP contribution in [0.1, 0.15) is 25.0 Å². The highest BCUT2D eigenvalue weighted by Gasteiger charge is 2.28. The molecule has 0 bridgehead atoms. The fourth-order valence-corrected chi connectivity index (χ4v) is 2.67. The fourth-order valence-electron chi connectivity index (χ4n) is 2.67. The van der Waals surface area contributed by atoms with E-state index in [1.807, 2.05) is 0 Å². The zero-order valence-electron chi connectivity index (χ0n) is 18.2. The number of H-pyrrole nitrogens is 1. The normalized spacial score (nSPS) is 13.1. The Morgan fingerprint density at radius 3 is 2.35 bits per heavy atom. The Labute approximate surface area is 193 Å². The van der Waals surface area contributed by atoms with Crippen molar-refractivity contribution >= 4 is 35.6 Å². The molecule has 0 fully saturated rings. The Morgan fingerprint density at radius 1 is 1.09 bits per heavy atom. The van der Waals surface area contributed by atoms with Gasteiger partial charge in [0.15, 0.2) is 5.96 Å². The second-order valence-electron chi connectivity index (χ2n) is 7.17. The minimum atomic E-state index is -1.71. The monoisotopic (exact) mass is 483 g/mol. The lowest BCUT2D eigenvalue weighted by molar-refractivity contribution is -0.147. The molecule has 0 radical (unpaired) electrons. The molecule has 0 spiro atoms. The molecule has 1 aromatic rings. The van der Waals surface area contributed by atoms with E-state index in [9.17, 15) is 24.0 Å². The maximum Gasteiger partial charge on any atom is 0.326 e. The van der Waals surface area contributed by atoms with Gasteiger partial charge in [-0.1, -0.05) is 0 Å². The van der Waals surface area contributed by atoms with Gasteiger partial charge in [0.2, 0.25) is 17.7 Å². The number of hydrogen-bond donors (Lipinski definition) is 9. The van der Waals surface area contributed by atoms with Gasteiger partial charge in [0.25, 0.3) is 0 Å². The Bertz CT molecular complexity index is 884. The number of rotatable bonds is 15. The number of amides is 3. The third-order valence-corrected chi connectivity index (χ3v) is 4.35. The molecule has 0 aromatic carbocycles. The molecule has 0 aliphatic heterocycles. The van der Waals surface area contributed by atoms with Gasteiger partial charge in [-0.15, -0.1) is 0 Å². The number of guanidine groups is 1. The maximum absolute atomic E-state index is 12.6. The third-order valence-electron chi connectivity index (χ3n) is 4.35. The zero-order valence-corrected chi connectivity index (χ0v) is 18.2. The Hall–Kier alpha value is -4.21. The van der Waals surface area contributed by atoms with Crippen LogP contribution in [0.5, 0.6) is 0 Å². The summed E-state index contributed by atoms with van der Waals surface area (Å²) in [5.74, 6) is -5.37. The van der Waals surface area contributed by atoms with Crippen LogP contribution in [-0.2, 0) is 30.4 Å². The van der Waals surface area contributed by atoms with Gasteiger partial charge in [0, 0.05) is 24.9 Å². The van der Waals surface area contributed by atoms with Crippen LogP contribution in [0.25, 0.3) is 0 Å². The van der Waals surface area contributed by atoms with Gasteiger partial charge in [0.05, 0.1) is 25.3 Å². The summed E-state index contributed by atoms with van der Waals surface area (Å²) < 4.78 is 0. The van der Waals surface area contributed by atoms with Crippen LogP contribution in [0, 0.1) is 0 Å². The van der Waals surface area contributed by atoms with Crippen molar-refractivity contribution in [2.45, 2.75) is 43.8 Å². The number of aliphatic imine (C=N–C) groups is 1. The first-order valence-corrected chi connectivity index (χ1v) is 10.1. The summed E-state index contributed by atoms with van der Waals surface area (Å²) in [6, 6.07) is -3.91. The lowest BCUT2D eigenvalue weighted by Gasteiger charge is -2.21. The second kappa shape index (κ2) is 14.0. The van der Waals surface area contributed by atoms with Crippen molar-refractivity contribution < 1.29 is 34.2 Å². The van der Waals surface area contributed by atoms with Crippen molar-refractivity contribution in [2.24, 2.45) is 22.2 Å². The van der Waals surface area contributed by atoms with E-state index in [2.05, 4.69) is 30.9 Å². The van der Waals surface area contributed by atoms with Crippen molar-refractivity contribution in [1.82, 2.24) is 25.9 Å². The minimum absolute atomic E-state index is 0.0824. The molecule has 3 amide bonds. The number of nitrogens with zero attached hydrogens (tertiary/aromatic N) is 2. The number of aromatic amines is 1. The van der Waals surface area contributed by atoms with Gasteiger partial charge in [-0.25, -0.2) is 9.78 Å². The molecule has 0 saturated heterocycles. The average molecular weight is 483 g/mol. The van der Waals surface area contributed by atoms with E-state index in [4.69, 9.17) is 27.4 Å². The van der Waals surface area contributed by atoms with E-state index in [0.29, 0.717) is 12.1 Å². The number of nitrogens with one attached hydrogen (secondary N) is 4. The minimum Gasteiger partial charge on any atom is -0.481 e. The van der Waals surface area contributed by atoms with Crippen LogP contribution < -0.4 is 33.2 Å². The van der Waals surface area contributed by atoms with E-state index >= 15 is 0 Å². The number of carboxylic acid groups (broad SMARTS) is 2. The van der Waals surface area contributed by atoms with E-state index in [-0.39, 0.29) is 25.3 Å². The third kappa shape index (κ3) is 10.9. The highest BCUT2D eigenvalue weighted by atomic mass is 16.4. The van der Waals surface area contributed by atoms with E-state index in [1.54, 1.807) is 0 Å². The van der Waals surface area contributed by atoms with Gasteiger partial charge < -0.3 is 48.3 Å². The van der Waals surface area contributed by atoms with Crippen LogP contribution in [0.2, 0.25) is 0 Å². The van der Waals surface area contributed by atoms with Crippen molar-refractivity contribution in [3.05, 3.63) is 18.2 Å². The number of aromatic nitrogens is 2. The highest BCUT2D eigenvalue weighted by Crippen LogP contribution is 2.02. The zero-order chi connectivity index (χ0) is 25.7. The molecule has 0 aliphatic rings. The van der Waals surface area contributed by atoms with E-state index in [1.165, 1.54) is 12.5 Å². The first kappa shape index (κ1) is 27.8. The standard InChI is InChI=1S/C18H29N9O7/c19-10(2-1-3-23-18(20)21)15(31)24-7-13(28)26-11(4-9-6-22-8-25-9)16(32)27-12(17(33)34)5-14(29)30/h6,8,10-12H,1-5,7,19H2,(H,22,25)(H,24,31)(H,26,28)(H,27,32)(H,29,30)(H,33,34)(H4,20,21,23). The first-order chi connectivity index (χ1) is 16.0. The number of carboxylic acids is 2. The summed E-state index contributed by atoms with van der Waals surface area (Å²) in [6.45, 7) is -0.224. The summed E-state index contributed by atoms with van der Waals surface area (Å²) in [4.78, 5) is 69.4. The molecule has 3 atom stereocenters. The largest absolute Gasteiger partial charge is 0.481 e. The van der Waals surface area contributed by atoms with Gasteiger partial charge in [-0.2, -0.15) is 0 Å². The van der Waals surface area contributed by atoms with Crippen LogP contribution in [-0.4, -0.2) is 87.0 Å². The Morgan fingerprint density at radius 2 is 1.79 bits per heavy atom. The van der Waals surface area contributed by atoms with E-state index in [0.717, 1.165) is 0 Å². The number of imidazole rings is 1. The predicted molar refractivity (Wildman–Crippen MR) is 117 cm³/mol. The first-order valence-electron chi connectivity index (χ1n) is 10.1. The second-order valence-corrected chi connectivity index (χ2v) is 7.17. The van der Waals surface area contributed by atoms with Crippen LogP contribution >= 0.6 is 0 Å². The quantitative estimate of drug-likeness (QED) is 0.0657. The van der Waals surface area contributed by atoms with Gasteiger partial charge >= 0.3 is 11.9 Å². The fraction of sp³-hybridized carbons (Fsp3) is 0.500. The van der Waals surface area contributed by atoms with Crippen molar-refractivity contribution in [2.75, 3.05) is 13.1 Å². The molecule has 16 nitrogen and oxygen atoms in total. The predicted octanol–water partition coefficient (Wildman–Crippen LogP) is -4.02. The molecule has 12 N–H and O–H groups in total. The molecule has 1 heterocycles. The summed E-state index contributed by atoms with van der Waals surface area (Å²) in [7, 11) is 0. The lowest BCUT2D eigenvalue weighted by atomic mass is 10.1. The summed E-state index contributed by atoms with van der Waals surface area (Å²) in [6.07, 6.45) is 2.46. The van der Waals surface area contributed by atoms with Crippen LogP contribution in [0.4, 0.5) is 0 Å². The molecule has 1 rings (SSSR count). The van der Waals surface area contributed by atoms with Crippen LogP contribution in [0.3, 0.4) is 0 Å². The lowest BCUT2D eigenvalue weighted by Crippen LogP contribution is -2.54. The molecular formula is C18H29N9O7. The topological polar surface area (TPSA) is 281 Å². The Balaban J connectivity index is 2.68. The summed E-state index contributed by atoms with van der Waals surface area (Å²) in [5, 5.41) is 24.8. The molecule has 188 valence electrons. The van der Waals surface area contributed by atoms with Crippen molar-refractivity contribution in [3.63, 3.8) is 0 Å². The average Bonchev–Trinajstić information content (AvgIpc) is 3.26. The molecular weight excluding hydrogens is 454 g/mol. The van der Waals surface area contributed by atoms with Crippen molar-refractivity contribution in [3.8, 4) is 0 Å². The summed E-state index contributed by atoms with van der Waals surface area (Å²) in [5.41, 5.74) is 16.6.